The highest BCUT2D eigenvalue weighted by atomic mass is 32.2. The summed E-state index contributed by atoms with van der Waals surface area (Å²) in [5.74, 6) is -0.419. The highest BCUT2D eigenvalue weighted by Gasteiger charge is 2.35. The lowest BCUT2D eigenvalue weighted by molar-refractivity contribution is -0.153. The van der Waals surface area contributed by atoms with Crippen molar-refractivity contribution in [1.82, 2.24) is 4.90 Å². The standard InChI is InChI=1S/C21H22N2O4S/c1-14(24)22-17-7-9-18(10-8-17)28-13-20(25)23-12-16-6-4-3-5-15(16)11-19(23)21(26)27-2/h3-10,19H,11-13H2,1-2H3,(H,22,24)/t19-/m0/s1. The molecule has 1 aliphatic heterocycles. The lowest BCUT2D eigenvalue weighted by Gasteiger charge is -2.35. The van der Waals surface area contributed by atoms with Gasteiger partial charge in [-0.2, -0.15) is 0 Å². The van der Waals surface area contributed by atoms with Crippen molar-refractivity contribution in [2.45, 2.75) is 30.8 Å². The second-order valence-electron chi connectivity index (χ2n) is 6.53. The Balaban J connectivity index is 1.68. The SMILES string of the molecule is COC(=O)[C@@H]1Cc2ccccc2CN1C(=O)CSc1ccc(NC(C)=O)cc1. The van der Waals surface area contributed by atoms with Crippen LogP contribution in [0.4, 0.5) is 5.69 Å². The van der Waals surface area contributed by atoms with Gasteiger partial charge in [0.1, 0.15) is 6.04 Å². The number of amides is 2. The van der Waals surface area contributed by atoms with Gasteiger partial charge in [-0.3, -0.25) is 9.59 Å². The number of ether oxygens (including phenoxy) is 1. The van der Waals surface area contributed by atoms with Gasteiger partial charge in [0.15, 0.2) is 0 Å². The number of thioether (sulfide) groups is 1. The Morgan fingerprint density at radius 2 is 1.79 bits per heavy atom. The Hall–Kier alpha value is -2.80. The summed E-state index contributed by atoms with van der Waals surface area (Å²) in [4.78, 5) is 38.7. The Morgan fingerprint density at radius 3 is 2.43 bits per heavy atom. The summed E-state index contributed by atoms with van der Waals surface area (Å²) in [5, 5.41) is 2.71. The summed E-state index contributed by atoms with van der Waals surface area (Å²) in [6.07, 6.45) is 0.463. The molecule has 2 amide bonds. The van der Waals surface area contributed by atoms with Crippen molar-refractivity contribution in [2.24, 2.45) is 0 Å². The third-order valence-corrected chi connectivity index (χ3v) is 5.58. The molecule has 0 fully saturated rings. The van der Waals surface area contributed by atoms with Crippen molar-refractivity contribution >= 4 is 35.2 Å². The van der Waals surface area contributed by atoms with E-state index >= 15 is 0 Å². The minimum absolute atomic E-state index is 0.110. The van der Waals surface area contributed by atoms with E-state index < -0.39 is 12.0 Å². The molecule has 7 heteroatoms. The van der Waals surface area contributed by atoms with E-state index in [0.717, 1.165) is 16.0 Å². The molecule has 1 atom stereocenters. The van der Waals surface area contributed by atoms with Crippen LogP contribution in [0.2, 0.25) is 0 Å². The number of carbonyl (C=O) groups excluding carboxylic acids is 3. The van der Waals surface area contributed by atoms with Gasteiger partial charge in [0.05, 0.1) is 12.9 Å². The van der Waals surface area contributed by atoms with E-state index in [1.54, 1.807) is 17.0 Å². The van der Waals surface area contributed by atoms with Crippen molar-refractivity contribution in [2.75, 3.05) is 18.2 Å². The largest absolute Gasteiger partial charge is 0.467 e. The molecule has 1 N–H and O–H groups in total. The lowest BCUT2D eigenvalue weighted by atomic mass is 9.94. The third-order valence-electron chi connectivity index (χ3n) is 4.58. The fourth-order valence-electron chi connectivity index (χ4n) is 3.20. The van der Waals surface area contributed by atoms with Gasteiger partial charge in [-0.25, -0.2) is 4.79 Å². The normalized spacial score (nSPS) is 15.5. The molecular weight excluding hydrogens is 376 g/mol. The Bertz CT molecular complexity index is 882. The first-order valence-corrected chi connectivity index (χ1v) is 9.91. The number of methoxy groups -OCH3 is 1. The van der Waals surface area contributed by atoms with Crippen LogP contribution in [0.15, 0.2) is 53.4 Å². The molecule has 0 unspecified atom stereocenters. The number of hydrogen-bond acceptors (Lipinski definition) is 5. The molecule has 0 radical (unpaired) electrons. The fraction of sp³-hybridized carbons (Fsp3) is 0.286. The van der Waals surface area contributed by atoms with Gasteiger partial charge in [-0.1, -0.05) is 24.3 Å². The van der Waals surface area contributed by atoms with Gasteiger partial charge in [0.2, 0.25) is 11.8 Å². The van der Waals surface area contributed by atoms with Gasteiger partial charge >= 0.3 is 5.97 Å². The summed E-state index contributed by atoms with van der Waals surface area (Å²) >= 11 is 1.40. The smallest absolute Gasteiger partial charge is 0.328 e. The van der Waals surface area contributed by atoms with Crippen LogP contribution in [0, 0.1) is 0 Å². The number of carbonyl (C=O) groups is 3. The first kappa shape index (κ1) is 19.9. The van der Waals surface area contributed by atoms with Gasteiger partial charge in [-0.15, -0.1) is 11.8 Å². The fourth-order valence-corrected chi connectivity index (χ4v) is 3.98. The van der Waals surface area contributed by atoms with E-state index in [4.69, 9.17) is 4.74 Å². The predicted octanol–water partition coefficient (Wildman–Crippen LogP) is 2.86. The van der Waals surface area contributed by atoms with E-state index in [0.29, 0.717) is 18.7 Å². The van der Waals surface area contributed by atoms with Crippen molar-refractivity contribution in [1.29, 1.82) is 0 Å². The summed E-state index contributed by atoms with van der Waals surface area (Å²) in [7, 11) is 1.34. The van der Waals surface area contributed by atoms with Crippen molar-refractivity contribution in [3.8, 4) is 0 Å². The molecule has 6 nitrogen and oxygen atoms in total. The summed E-state index contributed by atoms with van der Waals surface area (Å²) in [6, 6.07) is 14.5. The van der Waals surface area contributed by atoms with Gasteiger partial charge in [0.25, 0.3) is 0 Å². The third kappa shape index (κ3) is 4.72. The average Bonchev–Trinajstić information content (AvgIpc) is 2.71. The minimum atomic E-state index is -0.602. The highest BCUT2D eigenvalue weighted by molar-refractivity contribution is 8.00. The van der Waals surface area contributed by atoms with Crippen molar-refractivity contribution in [3.05, 3.63) is 59.7 Å². The second kappa shape index (κ2) is 8.93. The Kier molecular flexibility index (Phi) is 6.36. The van der Waals surface area contributed by atoms with E-state index in [9.17, 15) is 14.4 Å². The number of anilines is 1. The number of nitrogens with zero attached hydrogens (tertiary/aromatic N) is 1. The molecule has 0 bridgehead atoms. The summed E-state index contributed by atoms with van der Waals surface area (Å²) < 4.78 is 4.92. The Labute approximate surface area is 168 Å². The predicted molar refractivity (Wildman–Crippen MR) is 108 cm³/mol. The number of benzene rings is 2. The zero-order chi connectivity index (χ0) is 20.1. The van der Waals surface area contributed by atoms with Crippen LogP contribution >= 0.6 is 11.8 Å². The molecule has 2 aromatic carbocycles. The maximum atomic E-state index is 12.9. The average molecular weight is 398 g/mol. The molecule has 3 rings (SSSR count). The number of fused-ring (bicyclic) bond motifs is 1. The van der Waals surface area contributed by atoms with Crippen LogP contribution in [0.1, 0.15) is 18.1 Å². The number of hydrogen-bond donors (Lipinski definition) is 1. The van der Waals surface area contributed by atoms with Crippen LogP contribution in [0.5, 0.6) is 0 Å². The maximum absolute atomic E-state index is 12.9. The maximum Gasteiger partial charge on any atom is 0.328 e. The molecule has 2 aromatic rings. The van der Waals surface area contributed by atoms with Crippen molar-refractivity contribution < 1.29 is 19.1 Å². The first-order valence-electron chi connectivity index (χ1n) is 8.92. The van der Waals surface area contributed by atoms with E-state index in [2.05, 4.69) is 5.32 Å². The highest BCUT2D eigenvalue weighted by Crippen LogP contribution is 2.26. The zero-order valence-corrected chi connectivity index (χ0v) is 16.6. The number of rotatable bonds is 5. The molecule has 1 heterocycles. The summed E-state index contributed by atoms with van der Waals surface area (Å²) in [5.41, 5.74) is 2.84. The van der Waals surface area contributed by atoms with Crippen molar-refractivity contribution in [3.63, 3.8) is 0 Å². The van der Waals surface area contributed by atoms with E-state index in [-0.39, 0.29) is 17.6 Å². The second-order valence-corrected chi connectivity index (χ2v) is 7.58. The Morgan fingerprint density at radius 1 is 1.11 bits per heavy atom. The molecule has 28 heavy (non-hydrogen) atoms. The quantitative estimate of drug-likeness (QED) is 0.619. The molecule has 0 aliphatic carbocycles. The van der Waals surface area contributed by atoms with Crippen LogP contribution in [-0.4, -0.2) is 41.6 Å². The molecule has 1 aliphatic rings. The van der Waals surface area contributed by atoms with Gasteiger partial charge in [-0.05, 0) is 35.4 Å². The summed E-state index contributed by atoms with van der Waals surface area (Å²) in [6.45, 7) is 1.85. The molecule has 0 aromatic heterocycles. The van der Waals surface area contributed by atoms with Crippen LogP contribution < -0.4 is 5.32 Å². The van der Waals surface area contributed by atoms with Gasteiger partial charge in [0, 0.05) is 30.5 Å². The first-order chi connectivity index (χ1) is 13.5. The topological polar surface area (TPSA) is 75.7 Å². The van der Waals surface area contributed by atoms with Crippen LogP contribution in [0.25, 0.3) is 0 Å². The molecular formula is C21H22N2O4S. The number of nitrogens with one attached hydrogen (secondary N) is 1. The van der Waals surface area contributed by atoms with Crippen LogP contribution in [0.3, 0.4) is 0 Å². The van der Waals surface area contributed by atoms with Crippen LogP contribution in [-0.2, 0) is 32.1 Å². The molecule has 0 saturated heterocycles. The minimum Gasteiger partial charge on any atom is -0.467 e. The number of esters is 1. The van der Waals surface area contributed by atoms with E-state index in [1.807, 2.05) is 36.4 Å². The monoisotopic (exact) mass is 398 g/mol. The van der Waals surface area contributed by atoms with Gasteiger partial charge < -0.3 is 15.0 Å². The molecule has 0 spiro atoms. The lowest BCUT2D eigenvalue weighted by Crippen LogP contribution is -2.49. The molecule has 0 saturated carbocycles. The zero-order valence-electron chi connectivity index (χ0n) is 15.8. The van der Waals surface area contributed by atoms with E-state index in [1.165, 1.54) is 25.8 Å². The molecule has 146 valence electrons.